The van der Waals surface area contributed by atoms with E-state index in [1.165, 1.54) is 19.3 Å². The Morgan fingerprint density at radius 3 is 2.50 bits per heavy atom. The molecule has 0 saturated heterocycles. The molecular formula is C16H26Cl2N2. The topological polar surface area (TPSA) is 24.9 Å². The molecule has 0 unspecified atom stereocenters. The molecule has 1 aromatic rings. The summed E-state index contributed by atoms with van der Waals surface area (Å²) in [6, 6.07) is 6.81. The standard InChI is InChI=1S/C16H24N2.2ClH/c1-15(2)12-7-8-16(15,3)14(10-12)18-11-13-6-4-5-9-17-13;;/h4-6,9,12,14,18H,7-8,10-11H2,1-3H3;2*1H/t12-,14-,16+;;/m1../s1. The highest BCUT2D eigenvalue weighted by Crippen LogP contribution is 2.65. The molecule has 0 radical (unpaired) electrons. The molecule has 1 N–H and O–H groups in total. The Kier molecular flexibility index (Phi) is 5.51. The van der Waals surface area contributed by atoms with E-state index in [0.717, 1.165) is 18.2 Å². The van der Waals surface area contributed by atoms with E-state index in [-0.39, 0.29) is 24.8 Å². The van der Waals surface area contributed by atoms with Gasteiger partial charge in [0.2, 0.25) is 0 Å². The van der Waals surface area contributed by atoms with Crippen molar-refractivity contribution in [3.63, 3.8) is 0 Å². The van der Waals surface area contributed by atoms with Crippen molar-refractivity contribution in [3.8, 4) is 0 Å². The molecule has 1 heterocycles. The van der Waals surface area contributed by atoms with E-state index >= 15 is 0 Å². The molecule has 2 nitrogen and oxygen atoms in total. The summed E-state index contributed by atoms with van der Waals surface area (Å²) < 4.78 is 0. The summed E-state index contributed by atoms with van der Waals surface area (Å²) in [4.78, 5) is 4.40. The quantitative estimate of drug-likeness (QED) is 0.902. The van der Waals surface area contributed by atoms with Crippen LogP contribution in [-0.2, 0) is 6.54 Å². The van der Waals surface area contributed by atoms with E-state index in [2.05, 4.69) is 43.2 Å². The maximum atomic E-state index is 4.40. The zero-order chi connectivity index (χ0) is 12.8. The van der Waals surface area contributed by atoms with Crippen LogP contribution >= 0.6 is 24.8 Å². The number of hydrogen-bond donors (Lipinski definition) is 1. The first kappa shape index (κ1) is 17.7. The lowest BCUT2D eigenvalue weighted by molar-refractivity contribution is 0.120. The van der Waals surface area contributed by atoms with Crippen LogP contribution in [0.25, 0.3) is 0 Å². The third-order valence-electron chi connectivity index (χ3n) is 6.05. The first-order valence-corrected chi connectivity index (χ1v) is 7.17. The molecule has 2 aliphatic carbocycles. The third-order valence-corrected chi connectivity index (χ3v) is 6.05. The van der Waals surface area contributed by atoms with E-state index < -0.39 is 0 Å². The number of pyridine rings is 1. The Morgan fingerprint density at radius 1 is 1.25 bits per heavy atom. The highest BCUT2D eigenvalue weighted by molar-refractivity contribution is 5.85. The highest BCUT2D eigenvalue weighted by atomic mass is 35.5. The Labute approximate surface area is 135 Å². The molecule has 20 heavy (non-hydrogen) atoms. The lowest BCUT2D eigenvalue weighted by Gasteiger charge is -2.39. The molecule has 2 fully saturated rings. The van der Waals surface area contributed by atoms with Crippen LogP contribution in [0.1, 0.15) is 45.7 Å². The number of halogens is 2. The van der Waals surface area contributed by atoms with Crippen LogP contribution in [0.5, 0.6) is 0 Å². The van der Waals surface area contributed by atoms with Gasteiger partial charge < -0.3 is 5.32 Å². The van der Waals surface area contributed by atoms with Crippen molar-refractivity contribution in [2.24, 2.45) is 16.7 Å². The number of rotatable bonds is 3. The Bertz CT molecular complexity index is 435. The molecule has 0 spiro atoms. The van der Waals surface area contributed by atoms with Gasteiger partial charge in [-0.25, -0.2) is 0 Å². The van der Waals surface area contributed by atoms with Crippen LogP contribution in [0.15, 0.2) is 24.4 Å². The predicted molar refractivity (Wildman–Crippen MR) is 88.6 cm³/mol. The first-order valence-electron chi connectivity index (χ1n) is 7.17. The van der Waals surface area contributed by atoms with Gasteiger partial charge in [-0.2, -0.15) is 0 Å². The third kappa shape index (κ3) is 2.58. The summed E-state index contributed by atoms with van der Waals surface area (Å²) in [5, 5.41) is 3.76. The summed E-state index contributed by atoms with van der Waals surface area (Å²) in [6.45, 7) is 8.32. The van der Waals surface area contributed by atoms with Gasteiger partial charge in [-0.3, -0.25) is 4.98 Å². The van der Waals surface area contributed by atoms with Crippen LogP contribution in [0.3, 0.4) is 0 Å². The predicted octanol–water partition coefficient (Wildman–Crippen LogP) is 4.23. The van der Waals surface area contributed by atoms with Crippen LogP contribution in [-0.4, -0.2) is 11.0 Å². The largest absolute Gasteiger partial charge is 0.308 e. The molecule has 2 saturated carbocycles. The normalized spacial score (nSPS) is 33.4. The monoisotopic (exact) mass is 316 g/mol. The molecule has 2 bridgehead atoms. The summed E-state index contributed by atoms with van der Waals surface area (Å²) in [6.07, 6.45) is 6.02. The maximum absolute atomic E-state index is 4.40. The van der Waals surface area contributed by atoms with E-state index in [1.807, 2.05) is 12.3 Å². The van der Waals surface area contributed by atoms with Gasteiger partial charge in [0.05, 0.1) is 5.69 Å². The fourth-order valence-electron chi connectivity index (χ4n) is 4.24. The van der Waals surface area contributed by atoms with Crippen LogP contribution in [0, 0.1) is 16.7 Å². The minimum atomic E-state index is 0. The van der Waals surface area contributed by atoms with Crippen molar-refractivity contribution < 1.29 is 0 Å². The number of aromatic nitrogens is 1. The number of nitrogens with one attached hydrogen (secondary N) is 1. The summed E-state index contributed by atoms with van der Waals surface area (Å²) in [5.74, 6) is 0.906. The van der Waals surface area contributed by atoms with Crippen molar-refractivity contribution in [3.05, 3.63) is 30.1 Å². The average Bonchev–Trinajstić information content (AvgIpc) is 2.70. The fourth-order valence-corrected chi connectivity index (χ4v) is 4.24. The van der Waals surface area contributed by atoms with Crippen molar-refractivity contribution in [2.75, 3.05) is 0 Å². The van der Waals surface area contributed by atoms with Gasteiger partial charge in [0.15, 0.2) is 0 Å². The second-order valence-corrected chi connectivity index (χ2v) is 6.87. The SMILES string of the molecule is CC1(C)[C@@H]2CC[C@@]1(C)[C@H](NCc1ccccn1)C2.Cl.Cl. The van der Waals surface area contributed by atoms with Crippen LogP contribution < -0.4 is 5.32 Å². The molecule has 0 amide bonds. The summed E-state index contributed by atoms with van der Waals surface area (Å²) >= 11 is 0. The fraction of sp³-hybridized carbons (Fsp3) is 0.688. The van der Waals surface area contributed by atoms with Gasteiger partial charge in [-0.1, -0.05) is 26.8 Å². The number of fused-ring (bicyclic) bond motifs is 2. The zero-order valence-electron chi connectivity index (χ0n) is 12.6. The summed E-state index contributed by atoms with van der Waals surface area (Å²) in [5.41, 5.74) is 2.11. The minimum absolute atomic E-state index is 0. The van der Waals surface area contributed by atoms with E-state index in [4.69, 9.17) is 0 Å². The van der Waals surface area contributed by atoms with E-state index in [9.17, 15) is 0 Å². The van der Waals surface area contributed by atoms with Gasteiger partial charge in [-0.05, 0) is 48.1 Å². The maximum Gasteiger partial charge on any atom is 0.0541 e. The lowest BCUT2D eigenvalue weighted by Crippen LogP contribution is -2.44. The molecule has 4 heteroatoms. The van der Waals surface area contributed by atoms with Gasteiger partial charge in [0, 0.05) is 18.8 Å². The van der Waals surface area contributed by atoms with Crippen molar-refractivity contribution in [1.29, 1.82) is 0 Å². The average molecular weight is 317 g/mol. The highest BCUT2D eigenvalue weighted by Gasteiger charge is 2.60. The molecule has 1 aromatic heterocycles. The lowest BCUT2D eigenvalue weighted by atomic mass is 9.69. The minimum Gasteiger partial charge on any atom is -0.308 e. The summed E-state index contributed by atoms with van der Waals surface area (Å²) in [7, 11) is 0. The van der Waals surface area contributed by atoms with Gasteiger partial charge in [0.25, 0.3) is 0 Å². The molecule has 0 aromatic carbocycles. The van der Waals surface area contributed by atoms with Gasteiger partial charge >= 0.3 is 0 Å². The van der Waals surface area contributed by atoms with Gasteiger partial charge in [0.1, 0.15) is 0 Å². The number of hydrogen-bond acceptors (Lipinski definition) is 2. The second-order valence-electron chi connectivity index (χ2n) is 6.87. The zero-order valence-corrected chi connectivity index (χ0v) is 14.2. The Morgan fingerprint density at radius 2 is 2.00 bits per heavy atom. The molecule has 114 valence electrons. The van der Waals surface area contributed by atoms with Gasteiger partial charge in [-0.15, -0.1) is 24.8 Å². The Hall–Kier alpha value is -0.310. The molecule has 3 atom stereocenters. The van der Waals surface area contributed by atoms with E-state index in [0.29, 0.717) is 16.9 Å². The number of nitrogens with zero attached hydrogens (tertiary/aromatic N) is 1. The van der Waals surface area contributed by atoms with Crippen LogP contribution in [0.2, 0.25) is 0 Å². The molecule has 3 rings (SSSR count). The van der Waals surface area contributed by atoms with Crippen LogP contribution in [0.4, 0.5) is 0 Å². The Balaban J connectivity index is 0.000001000. The smallest absolute Gasteiger partial charge is 0.0541 e. The first-order chi connectivity index (χ1) is 8.54. The molecule has 2 aliphatic rings. The van der Waals surface area contributed by atoms with Crippen molar-refractivity contribution in [2.45, 2.75) is 52.6 Å². The molecular weight excluding hydrogens is 291 g/mol. The van der Waals surface area contributed by atoms with Crippen molar-refractivity contribution in [1.82, 2.24) is 10.3 Å². The second kappa shape index (κ2) is 6.21. The van der Waals surface area contributed by atoms with Crippen molar-refractivity contribution >= 4 is 24.8 Å². The molecule has 0 aliphatic heterocycles. The van der Waals surface area contributed by atoms with E-state index in [1.54, 1.807) is 0 Å².